The Kier molecular flexibility index (Phi) is 4.10. The van der Waals surface area contributed by atoms with Crippen molar-refractivity contribution in [1.29, 1.82) is 0 Å². The summed E-state index contributed by atoms with van der Waals surface area (Å²) in [5, 5.41) is 3.45. The van der Waals surface area contributed by atoms with Crippen LogP contribution < -0.4 is 5.32 Å². The maximum atomic E-state index is 4.07. The molecule has 0 bridgehead atoms. The number of nitrogens with zero attached hydrogens (tertiary/aromatic N) is 3. The number of rotatable bonds is 5. The molecular formula is C10H20N4. The maximum Gasteiger partial charge on any atom is 0.0945 e. The van der Waals surface area contributed by atoms with Crippen molar-refractivity contribution >= 4 is 0 Å². The van der Waals surface area contributed by atoms with Crippen LogP contribution in [0, 0.1) is 0 Å². The Hall–Kier alpha value is -0.870. The van der Waals surface area contributed by atoms with Crippen LogP contribution in [0.3, 0.4) is 0 Å². The Balaban J connectivity index is 2.30. The van der Waals surface area contributed by atoms with Gasteiger partial charge in [0.05, 0.1) is 12.0 Å². The van der Waals surface area contributed by atoms with Gasteiger partial charge >= 0.3 is 0 Å². The van der Waals surface area contributed by atoms with Crippen LogP contribution in [0.2, 0.25) is 0 Å². The molecule has 0 amide bonds. The van der Waals surface area contributed by atoms with Gasteiger partial charge in [0.25, 0.3) is 0 Å². The number of hydrogen-bond acceptors (Lipinski definition) is 3. The summed E-state index contributed by atoms with van der Waals surface area (Å²) in [5.74, 6) is 0. The molecule has 0 aliphatic carbocycles. The van der Waals surface area contributed by atoms with Gasteiger partial charge in [-0.15, -0.1) is 0 Å². The number of likely N-dealkylation sites (N-methyl/N-ethyl adjacent to an activating group) is 1. The molecule has 0 aliphatic heterocycles. The van der Waals surface area contributed by atoms with Gasteiger partial charge in [-0.1, -0.05) is 0 Å². The number of imidazole rings is 1. The SMILES string of the molecule is CC(CN(C)C)NCc1cncn1C. The van der Waals surface area contributed by atoms with Gasteiger partial charge < -0.3 is 14.8 Å². The molecule has 1 aromatic rings. The van der Waals surface area contributed by atoms with E-state index >= 15 is 0 Å². The van der Waals surface area contributed by atoms with Crippen LogP contribution in [-0.4, -0.2) is 41.1 Å². The summed E-state index contributed by atoms with van der Waals surface area (Å²) in [6.07, 6.45) is 3.73. The Morgan fingerprint density at radius 2 is 2.29 bits per heavy atom. The lowest BCUT2D eigenvalue weighted by Gasteiger charge is -2.18. The highest BCUT2D eigenvalue weighted by Gasteiger charge is 2.04. The molecule has 0 aromatic carbocycles. The molecule has 1 aromatic heterocycles. The van der Waals surface area contributed by atoms with Crippen LogP contribution >= 0.6 is 0 Å². The predicted octanol–water partition coefficient (Wildman–Crippen LogP) is 0.460. The third-order valence-electron chi connectivity index (χ3n) is 2.19. The highest BCUT2D eigenvalue weighted by Crippen LogP contribution is 1.96. The smallest absolute Gasteiger partial charge is 0.0945 e. The minimum Gasteiger partial charge on any atom is -0.337 e. The van der Waals surface area contributed by atoms with E-state index in [1.807, 2.05) is 24.1 Å². The third kappa shape index (κ3) is 3.47. The molecule has 1 heterocycles. The number of hydrogen-bond donors (Lipinski definition) is 1. The summed E-state index contributed by atoms with van der Waals surface area (Å²) in [6, 6.07) is 0.500. The van der Waals surface area contributed by atoms with Crippen LogP contribution in [0.15, 0.2) is 12.5 Å². The summed E-state index contributed by atoms with van der Waals surface area (Å²) in [6.45, 7) is 4.12. The van der Waals surface area contributed by atoms with Gasteiger partial charge in [-0.25, -0.2) is 4.98 Å². The molecule has 0 radical (unpaired) electrons. The predicted molar refractivity (Wildman–Crippen MR) is 58.1 cm³/mol. The Morgan fingerprint density at radius 1 is 1.57 bits per heavy atom. The molecule has 0 spiro atoms. The van der Waals surface area contributed by atoms with E-state index in [0.717, 1.165) is 13.1 Å². The standard InChI is InChI=1S/C10H20N4/c1-9(7-13(2)3)12-6-10-5-11-8-14(10)4/h5,8-9,12H,6-7H2,1-4H3. The topological polar surface area (TPSA) is 33.1 Å². The first-order valence-electron chi connectivity index (χ1n) is 4.93. The van der Waals surface area contributed by atoms with E-state index in [4.69, 9.17) is 0 Å². The first-order valence-corrected chi connectivity index (χ1v) is 4.93. The fraction of sp³-hybridized carbons (Fsp3) is 0.700. The fourth-order valence-corrected chi connectivity index (χ4v) is 1.45. The molecule has 4 nitrogen and oxygen atoms in total. The quantitative estimate of drug-likeness (QED) is 0.742. The molecule has 1 unspecified atom stereocenters. The van der Waals surface area contributed by atoms with Crippen molar-refractivity contribution in [1.82, 2.24) is 19.8 Å². The molecule has 0 fully saturated rings. The van der Waals surface area contributed by atoms with E-state index in [-0.39, 0.29) is 0 Å². The lowest BCUT2D eigenvalue weighted by Crippen LogP contribution is -2.35. The van der Waals surface area contributed by atoms with Gasteiger partial charge in [0.1, 0.15) is 0 Å². The summed E-state index contributed by atoms with van der Waals surface area (Å²) < 4.78 is 2.04. The number of aryl methyl sites for hydroxylation is 1. The fourth-order valence-electron chi connectivity index (χ4n) is 1.45. The van der Waals surface area contributed by atoms with E-state index in [9.17, 15) is 0 Å². The second-order valence-corrected chi connectivity index (χ2v) is 4.04. The summed E-state index contributed by atoms with van der Waals surface area (Å²) >= 11 is 0. The Morgan fingerprint density at radius 3 is 2.79 bits per heavy atom. The molecule has 4 heteroatoms. The van der Waals surface area contributed by atoms with Crippen molar-refractivity contribution in [3.8, 4) is 0 Å². The monoisotopic (exact) mass is 196 g/mol. The van der Waals surface area contributed by atoms with Crippen LogP contribution in [0.5, 0.6) is 0 Å². The van der Waals surface area contributed by atoms with Crippen molar-refractivity contribution in [3.63, 3.8) is 0 Å². The molecular weight excluding hydrogens is 176 g/mol. The highest BCUT2D eigenvalue weighted by atomic mass is 15.1. The van der Waals surface area contributed by atoms with E-state index in [2.05, 4.69) is 36.2 Å². The van der Waals surface area contributed by atoms with Gasteiger partial charge in [0.15, 0.2) is 0 Å². The van der Waals surface area contributed by atoms with Crippen LogP contribution in [0.4, 0.5) is 0 Å². The molecule has 0 saturated heterocycles. The van der Waals surface area contributed by atoms with Gasteiger partial charge in [0.2, 0.25) is 0 Å². The van der Waals surface area contributed by atoms with Crippen molar-refractivity contribution in [2.75, 3.05) is 20.6 Å². The zero-order valence-electron chi connectivity index (χ0n) is 9.49. The minimum absolute atomic E-state index is 0.500. The second-order valence-electron chi connectivity index (χ2n) is 4.04. The first kappa shape index (κ1) is 11.2. The molecule has 1 N–H and O–H groups in total. The second kappa shape index (κ2) is 5.12. The Labute approximate surface area is 85.9 Å². The van der Waals surface area contributed by atoms with Gasteiger partial charge in [-0.2, -0.15) is 0 Å². The van der Waals surface area contributed by atoms with Gasteiger partial charge in [0, 0.05) is 32.4 Å². The molecule has 14 heavy (non-hydrogen) atoms. The molecule has 0 saturated carbocycles. The maximum absolute atomic E-state index is 4.07. The summed E-state index contributed by atoms with van der Waals surface area (Å²) in [4.78, 5) is 6.25. The third-order valence-corrected chi connectivity index (χ3v) is 2.19. The molecule has 80 valence electrons. The van der Waals surface area contributed by atoms with Crippen molar-refractivity contribution in [2.24, 2.45) is 7.05 Å². The first-order chi connectivity index (χ1) is 6.59. The van der Waals surface area contributed by atoms with Crippen LogP contribution in [-0.2, 0) is 13.6 Å². The Bertz CT molecular complexity index is 267. The average molecular weight is 196 g/mol. The highest BCUT2D eigenvalue weighted by molar-refractivity contribution is 4.96. The van der Waals surface area contributed by atoms with Gasteiger partial charge in [-0.05, 0) is 21.0 Å². The molecule has 1 rings (SSSR count). The summed E-state index contributed by atoms with van der Waals surface area (Å²) in [5.41, 5.74) is 1.22. The minimum atomic E-state index is 0.500. The van der Waals surface area contributed by atoms with Crippen LogP contribution in [0.1, 0.15) is 12.6 Å². The van der Waals surface area contributed by atoms with E-state index < -0.39 is 0 Å². The largest absolute Gasteiger partial charge is 0.337 e. The molecule has 1 atom stereocenters. The zero-order chi connectivity index (χ0) is 10.6. The normalized spacial score (nSPS) is 13.5. The lowest BCUT2D eigenvalue weighted by molar-refractivity contribution is 0.347. The van der Waals surface area contributed by atoms with E-state index in [1.54, 1.807) is 0 Å². The molecule has 0 aliphatic rings. The zero-order valence-corrected chi connectivity index (χ0v) is 9.49. The van der Waals surface area contributed by atoms with Crippen molar-refractivity contribution in [2.45, 2.75) is 19.5 Å². The van der Waals surface area contributed by atoms with Gasteiger partial charge in [-0.3, -0.25) is 0 Å². The lowest BCUT2D eigenvalue weighted by atomic mass is 10.3. The summed E-state index contributed by atoms with van der Waals surface area (Å²) in [7, 11) is 6.19. The average Bonchev–Trinajstić information content (AvgIpc) is 2.46. The van der Waals surface area contributed by atoms with Crippen molar-refractivity contribution < 1.29 is 0 Å². The number of nitrogens with one attached hydrogen (secondary N) is 1. The number of aromatic nitrogens is 2. The van der Waals surface area contributed by atoms with Crippen molar-refractivity contribution in [3.05, 3.63) is 18.2 Å². The van der Waals surface area contributed by atoms with E-state index in [1.165, 1.54) is 5.69 Å². The van der Waals surface area contributed by atoms with E-state index in [0.29, 0.717) is 6.04 Å². The van der Waals surface area contributed by atoms with Crippen LogP contribution in [0.25, 0.3) is 0 Å².